The maximum absolute atomic E-state index is 14.0. The van der Waals surface area contributed by atoms with Gasteiger partial charge in [-0.3, -0.25) is 0 Å². The van der Waals surface area contributed by atoms with Crippen LogP contribution in [0.1, 0.15) is 24.5 Å². The number of ether oxygens (including phenoxy) is 1. The Bertz CT molecular complexity index is 331. The molecule has 0 fully saturated rings. The van der Waals surface area contributed by atoms with Gasteiger partial charge in [0.1, 0.15) is 11.4 Å². The molecule has 13 heavy (non-hydrogen) atoms. The molecule has 0 radical (unpaired) electrons. The van der Waals surface area contributed by atoms with E-state index in [2.05, 4.69) is 0 Å². The minimum atomic E-state index is -1.22. The van der Waals surface area contributed by atoms with Crippen molar-refractivity contribution in [2.24, 2.45) is 0 Å². The monoisotopic (exact) mass is 180 g/mol. The van der Waals surface area contributed by atoms with E-state index in [1.807, 2.05) is 25.1 Å². The van der Waals surface area contributed by atoms with E-state index >= 15 is 0 Å². The van der Waals surface area contributed by atoms with Crippen LogP contribution < -0.4 is 4.74 Å². The smallest absolute Gasteiger partial charge is 0.140 e. The first-order valence-corrected chi connectivity index (χ1v) is 4.53. The van der Waals surface area contributed by atoms with Crippen molar-refractivity contribution in [3.8, 4) is 5.75 Å². The quantitative estimate of drug-likeness (QED) is 0.596. The summed E-state index contributed by atoms with van der Waals surface area (Å²) in [5.74, 6) is 0.735. The van der Waals surface area contributed by atoms with Gasteiger partial charge < -0.3 is 4.74 Å². The third kappa shape index (κ3) is 1.30. The first-order chi connectivity index (χ1) is 6.11. The van der Waals surface area contributed by atoms with Gasteiger partial charge in [0.2, 0.25) is 0 Å². The summed E-state index contributed by atoms with van der Waals surface area (Å²) in [7, 11) is 0. The molecule has 2 heteroatoms. The van der Waals surface area contributed by atoms with Gasteiger partial charge in [0, 0.05) is 12.0 Å². The highest BCUT2D eigenvalue weighted by Crippen LogP contribution is 2.41. The molecule has 0 saturated heterocycles. The molecule has 70 valence electrons. The molecule has 1 aliphatic rings. The van der Waals surface area contributed by atoms with Crippen LogP contribution in [0.2, 0.25) is 0 Å². The van der Waals surface area contributed by atoms with Gasteiger partial charge in [0.15, 0.2) is 0 Å². The summed E-state index contributed by atoms with van der Waals surface area (Å²) in [6, 6.07) is 5.63. The average Bonchev–Trinajstić information content (AvgIpc) is 2.06. The zero-order valence-electron chi connectivity index (χ0n) is 7.93. The topological polar surface area (TPSA) is 9.23 Å². The molecule has 0 aliphatic carbocycles. The van der Waals surface area contributed by atoms with Crippen molar-refractivity contribution in [3.05, 3.63) is 29.3 Å². The molecule has 1 aliphatic heterocycles. The summed E-state index contributed by atoms with van der Waals surface area (Å²) < 4.78 is 19.4. The normalized spacial score (nSPS) is 26.4. The Morgan fingerprint density at radius 3 is 2.92 bits per heavy atom. The lowest BCUT2D eigenvalue weighted by Crippen LogP contribution is -2.25. The second kappa shape index (κ2) is 2.72. The van der Waals surface area contributed by atoms with Gasteiger partial charge >= 0.3 is 0 Å². The van der Waals surface area contributed by atoms with Crippen LogP contribution in [-0.4, -0.2) is 6.61 Å². The van der Waals surface area contributed by atoms with Crippen LogP contribution in [0.5, 0.6) is 5.75 Å². The first-order valence-electron chi connectivity index (χ1n) is 4.53. The van der Waals surface area contributed by atoms with E-state index in [1.165, 1.54) is 0 Å². The van der Waals surface area contributed by atoms with Crippen LogP contribution >= 0.6 is 0 Å². The van der Waals surface area contributed by atoms with E-state index in [4.69, 9.17) is 4.74 Å². The van der Waals surface area contributed by atoms with Crippen LogP contribution in [0.3, 0.4) is 0 Å². The molecule has 2 rings (SSSR count). The fraction of sp³-hybridized carbons (Fsp3) is 0.455. The summed E-state index contributed by atoms with van der Waals surface area (Å²) in [6.45, 7) is 4.04. The van der Waals surface area contributed by atoms with Gasteiger partial charge in [0.25, 0.3) is 0 Å². The highest BCUT2D eigenvalue weighted by molar-refractivity contribution is 5.45. The number of rotatable bonds is 0. The van der Waals surface area contributed by atoms with Crippen molar-refractivity contribution in [3.63, 3.8) is 0 Å². The lowest BCUT2D eigenvalue weighted by Gasteiger charge is -2.29. The number of fused-ring (bicyclic) bond motifs is 1. The van der Waals surface area contributed by atoms with E-state index in [0.29, 0.717) is 18.6 Å². The van der Waals surface area contributed by atoms with Crippen LogP contribution in [0.4, 0.5) is 4.39 Å². The molecular formula is C11H13FO. The zero-order valence-corrected chi connectivity index (χ0v) is 7.93. The Morgan fingerprint density at radius 2 is 2.23 bits per heavy atom. The largest absolute Gasteiger partial charge is 0.493 e. The lowest BCUT2D eigenvalue weighted by atomic mass is 9.90. The summed E-state index contributed by atoms with van der Waals surface area (Å²) in [6.07, 6.45) is 0.448. The number of hydrogen-bond acceptors (Lipinski definition) is 1. The van der Waals surface area contributed by atoms with Gasteiger partial charge in [0.05, 0.1) is 6.61 Å². The number of benzene rings is 1. The van der Waals surface area contributed by atoms with Gasteiger partial charge in [-0.1, -0.05) is 18.2 Å². The van der Waals surface area contributed by atoms with Gasteiger partial charge in [-0.25, -0.2) is 4.39 Å². The maximum atomic E-state index is 14.0. The molecule has 1 aromatic carbocycles. The summed E-state index contributed by atoms with van der Waals surface area (Å²) in [4.78, 5) is 0. The molecule has 1 nitrogen and oxygen atoms in total. The number of para-hydroxylation sites is 1. The summed E-state index contributed by atoms with van der Waals surface area (Å²) in [5.41, 5.74) is 0.486. The predicted molar refractivity (Wildman–Crippen MR) is 49.8 cm³/mol. The van der Waals surface area contributed by atoms with Crippen molar-refractivity contribution in [2.45, 2.75) is 25.9 Å². The van der Waals surface area contributed by atoms with E-state index in [0.717, 1.165) is 11.3 Å². The van der Waals surface area contributed by atoms with Gasteiger partial charge in [-0.05, 0) is 19.4 Å². The molecule has 1 aromatic rings. The molecule has 1 unspecified atom stereocenters. The second-order valence-corrected chi connectivity index (χ2v) is 3.75. The Morgan fingerprint density at radius 1 is 1.46 bits per heavy atom. The first kappa shape index (κ1) is 8.54. The number of halogens is 1. The van der Waals surface area contributed by atoms with Crippen LogP contribution in [0, 0.1) is 6.92 Å². The minimum Gasteiger partial charge on any atom is -0.493 e. The lowest BCUT2D eigenvalue weighted by molar-refractivity contribution is 0.109. The molecule has 0 spiro atoms. The van der Waals surface area contributed by atoms with E-state index in [1.54, 1.807) is 6.92 Å². The maximum Gasteiger partial charge on any atom is 0.140 e. The third-order valence-electron chi connectivity index (χ3n) is 2.59. The summed E-state index contributed by atoms with van der Waals surface area (Å²) >= 11 is 0. The SMILES string of the molecule is Cc1cccc2c1OCCC2(C)F. The molecular weight excluding hydrogens is 167 g/mol. The van der Waals surface area contributed by atoms with Crippen molar-refractivity contribution < 1.29 is 9.13 Å². The highest BCUT2D eigenvalue weighted by Gasteiger charge is 2.33. The molecule has 0 bridgehead atoms. The van der Waals surface area contributed by atoms with Crippen molar-refractivity contribution in [1.82, 2.24) is 0 Å². The van der Waals surface area contributed by atoms with Gasteiger partial charge in [-0.15, -0.1) is 0 Å². The molecule has 0 saturated carbocycles. The fourth-order valence-corrected chi connectivity index (χ4v) is 1.73. The highest BCUT2D eigenvalue weighted by atomic mass is 19.1. The van der Waals surface area contributed by atoms with Crippen LogP contribution in [0.25, 0.3) is 0 Å². The van der Waals surface area contributed by atoms with E-state index in [9.17, 15) is 4.39 Å². The predicted octanol–water partition coefficient (Wildman–Crippen LogP) is 2.96. The average molecular weight is 180 g/mol. The van der Waals surface area contributed by atoms with Gasteiger partial charge in [-0.2, -0.15) is 0 Å². The van der Waals surface area contributed by atoms with Crippen molar-refractivity contribution in [2.75, 3.05) is 6.61 Å². The Labute approximate surface area is 77.5 Å². The Hall–Kier alpha value is -1.05. The Balaban J connectivity index is 2.58. The third-order valence-corrected chi connectivity index (χ3v) is 2.59. The number of alkyl halides is 1. The van der Waals surface area contributed by atoms with Crippen LogP contribution in [0.15, 0.2) is 18.2 Å². The van der Waals surface area contributed by atoms with E-state index < -0.39 is 5.67 Å². The standard InChI is InChI=1S/C11H13FO/c1-8-4-3-5-9-10(8)13-7-6-11(9,2)12/h3-5H,6-7H2,1-2H3. The molecule has 0 amide bonds. The van der Waals surface area contributed by atoms with Crippen molar-refractivity contribution in [1.29, 1.82) is 0 Å². The number of hydrogen-bond donors (Lipinski definition) is 0. The fourth-order valence-electron chi connectivity index (χ4n) is 1.73. The Kier molecular flexibility index (Phi) is 1.79. The van der Waals surface area contributed by atoms with Crippen molar-refractivity contribution >= 4 is 0 Å². The van der Waals surface area contributed by atoms with E-state index in [-0.39, 0.29) is 0 Å². The molecule has 0 aromatic heterocycles. The molecule has 1 heterocycles. The number of aryl methyl sites for hydroxylation is 1. The second-order valence-electron chi connectivity index (χ2n) is 3.75. The van der Waals surface area contributed by atoms with Crippen LogP contribution in [-0.2, 0) is 5.67 Å². The molecule has 0 N–H and O–H groups in total. The summed E-state index contributed by atoms with van der Waals surface area (Å²) in [5, 5.41) is 0. The minimum absolute atomic E-state index is 0.448. The molecule has 1 atom stereocenters. The zero-order chi connectivity index (χ0) is 9.47.